The number of benzene rings is 1. The van der Waals surface area contributed by atoms with Crippen molar-refractivity contribution in [3.63, 3.8) is 0 Å². The maximum Gasteiger partial charge on any atom is 0.224 e. The fourth-order valence-electron chi connectivity index (χ4n) is 1.94. The molecule has 0 aliphatic carbocycles. The van der Waals surface area contributed by atoms with Crippen LogP contribution in [0.5, 0.6) is 0 Å². The number of rotatable bonds is 6. The van der Waals surface area contributed by atoms with E-state index in [0.717, 1.165) is 24.5 Å². The number of hydrogen-bond acceptors (Lipinski definition) is 4. The molecule has 1 heterocycles. The molecule has 0 aliphatic rings. The van der Waals surface area contributed by atoms with Crippen LogP contribution in [0.4, 0.5) is 16.2 Å². The van der Waals surface area contributed by atoms with Crippen molar-refractivity contribution in [1.29, 1.82) is 0 Å². The van der Waals surface area contributed by atoms with Gasteiger partial charge in [0.25, 0.3) is 0 Å². The van der Waals surface area contributed by atoms with Crippen LogP contribution in [0, 0.1) is 5.82 Å². The summed E-state index contributed by atoms with van der Waals surface area (Å²) in [7, 11) is 0. The second-order valence-corrected chi connectivity index (χ2v) is 4.39. The molecular formula is C15H19FN4. The Morgan fingerprint density at radius 2 is 1.80 bits per heavy atom. The summed E-state index contributed by atoms with van der Waals surface area (Å²) < 4.78 is 12.8. The van der Waals surface area contributed by atoms with Crippen LogP contribution >= 0.6 is 0 Å². The number of nitrogens with zero attached hydrogens (tertiary/aromatic N) is 3. The third-order valence-corrected chi connectivity index (χ3v) is 3.09. The van der Waals surface area contributed by atoms with Crippen LogP contribution in [-0.4, -0.2) is 23.1 Å². The van der Waals surface area contributed by atoms with Crippen molar-refractivity contribution < 1.29 is 4.39 Å². The molecule has 0 radical (unpaired) electrons. The minimum absolute atomic E-state index is 0.228. The van der Waals surface area contributed by atoms with Gasteiger partial charge in [0.15, 0.2) is 0 Å². The van der Waals surface area contributed by atoms with Gasteiger partial charge in [-0.25, -0.2) is 9.37 Å². The van der Waals surface area contributed by atoms with E-state index >= 15 is 0 Å². The van der Waals surface area contributed by atoms with Crippen molar-refractivity contribution in [1.82, 2.24) is 9.97 Å². The third-order valence-electron chi connectivity index (χ3n) is 3.09. The third kappa shape index (κ3) is 3.66. The van der Waals surface area contributed by atoms with E-state index in [4.69, 9.17) is 0 Å². The molecule has 1 N–H and O–H groups in total. The molecule has 2 rings (SSSR count). The predicted molar refractivity (Wildman–Crippen MR) is 79.3 cm³/mol. The van der Waals surface area contributed by atoms with Crippen LogP contribution in [-0.2, 0) is 6.54 Å². The first-order chi connectivity index (χ1) is 9.72. The van der Waals surface area contributed by atoms with Gasteiger partial charge in [-0.05, 0) is 37.6 Å². The number of anilines is 2. The Hall–Kier alpha value is -2.17. The molecule has 0 atom stereocenters. The van der Waals surface area contributed by atoms with Gasteiger partial charge in [-0.3, -0.25) is 0 Å². The minimum Gasteiger partial charge on any atom is -0.357 e. The molecule has 0 saturated carbocycles. The Kier molecular flexibility index (Phi) is 4.87. The molecule has 1 aromatic carbocycles. The van der Waals surface area contributed by atoms with Crippen LogP contribution in [0.1, 0.15) is 19.4 Å². The largest absolute Gasteiger partial charge is 0.357 e. The van der Waals surface area contributed by atoms with E-state index in [1.807, 2.05) is 6.07 Å². The van der Waals surface area contributed by atoms with Crippen LogP contribution in [0.2, 0.25) is 0 Å². The van der Waals surface area contributed by atoms with E-state index < -0.39 is 0 Å². The van der Waals surface area contributed by atoms with Gasteiger partial charge in [-0.1, -0.05) is 12.1 Å². The Labute approximate surface area is 118 Å². The van der Waals surface area contributed by atoms with Crippen LogP contribution in [0.25, 0.3) is 0 Å². The van der Waals surface area contributed by atoms with E-state index in [-0.39, 0.29) is 5.82 Å². The quantitative estimate of drug-likeness (QED) is 0.879. The van der Waals surface area contributed by atoms with Gasteiger partial charge in [-0.15, -0.1) is 0 Å². The summed E-state index contributed by atoms with van der Waals surface area (Å²) >= 11 is 0. The first-order valence-electron chi connectivity index (χ1n) is 6.79. The van der Waals surface area contributed by atoms with Gasteiger partial charge in [0, 0.05) is 25.8 Å². The first kappa shape index (κ1) is 14.2. The summed E-state index contributed by atoms with van der Waals surface area (Å²) in [5.41, 5.74) is 0.989. The Morgan fingerprint density at radius 3 is 2.45 bits per heavy atom. The zero-order valence-corrected chi connectivity index (χ0v) is 11.8. The fraction of sp³-hybridized carbons (Fsp3) is 0.333. The van der Waals surface area contributed by atoms with E-state index in [1.54, 1.807) is 18.3 Å². The van der Waals surface area contributed by atoms with Crippen molar-refractivity contribution in [3.05, 3.63) is 47.9 Å². The summed E-state index contributed by atoms with van der Waals surface area (Å²) in [5.74, 6) is 1.26. The topological polar surface area (TPSA) is 41.1 Å². The molecule has 106 valence electrons. The Bertz CT molecular complexity index is 538. The van der Waals surface area contributed by atoms with Crippen molar-refractivity contribution in [2.45, 2.75) is 20.4 Å². The minimum atomic E-state index is -0.228. The summed E-state index contributed by atoms with van der Waals surface area (Å²) in [5, 5.41) is 3.15. The number of halogens is 1. The molecule has 0 unspecified atom stereocenters. The normalized spacial score (nSPS) is 10.3. The SMILES string of the molecule is CCN(CC)c1ccnc(NCc2ccc(F)cc2)n1. The lowest BCUT2D eigenvalue weighted by atomic mass is 10.2. The molecule has 4 nitrogen and oxygen atoms in total. The van der Waals surface area contributed by atoms with Gasteiger partial charge >= 0.3 is 0 Å². The highest BCUT2D eigenvalue weighted by Gasteiger charge is 2.05. The molecule has 20 heavy (non-hydrogen) atoms. The van der Waals surface area contributed by atoms with Crippen molar-refractivity contribution in [3.8, 4) is 0 Å². The van der Waals surface area contributed by atoms with Gasteiger partial charge in [-0.2, -0.15) is 4.98 Å². The molecule has 0 amide bonds. The molecule has 1 aromatic heterocycles. The van der Waals surface area contributed by atoms with E-state index in [1.165, 1.54) is 12.1 Å². The summed E-state index contributed by atoms with van der Waals surface area (Å²) in [6, 6.07) is 8.29. The molecule has 0 aliphatic heterocycles. The van der Waals surface area contributed by atoms with Gasteiger partial charge in [0.2, 0.25) is 5.95 Å². The van der Waals surface area contributed by atoms with E-state index in [9.17, 15) is 4.39 Å². The Balaban J connectivity index is 2.02. The maximum absolute atomic E-state index is 12.8. The lowest BCUT2D eigenvalue weighted by Gasteiger charge is -2.19. The van der Waals surface area contributed by atoms with Gasteiger partial charge < -0.3 is 10.2 Å². The highest BCUT2D eigenvalue weighted by Crippen LogP contribution is 2.12. The van der Waals surface area contributed by atoms with Crippen molar-refractivity contribution in [2.24, 2.45) is 0 Å². The zero-order chi connectivity index (χ0) is 14.4. The lowest BCUT2D eigenvalue weighted by molar-refractivity contribution is 0.627. The first-order valence-corrected chi connectivity index (χ1v) is 6.79. The number of nitrogens with one attached hydrogen (secondary N) is 1. The molecule has 0 saturated heterocycles. The fourth-order valence-corrected chi connectivity index (χ4v) is 1.94. The molecule has 0 spiro atoms. The molecule has 0 fully saturated rings. The van der Waals surface area contributed by atoms with Crippen molar-refractivity contribution >= 4 is 11.8 Å². The molecule has 2 aromatic rings. The second-order valence-electron chi connectivity index (χ2n) is 4.39. The van der Waals surface area contributed by atoms with Gasteiger partial charge in [0.05, 0.1) is 0 Å². The standard InChI is InChI=1S/C15H19FN4/c1-3-20(4-2)14-9-10-17-15(19-14)18-11-12-5-7-13(16)8-6-12/h5-10H,3-4,11H2,1-2H3,(H,17,18,19). The number of aromatic nitrogens is 2. The van der Waals surface area contributed by atoms with Crippen LogP contribution in [0.15, 0.2) is 36.5 Å². The average Bonchev–Trinajstić information content (AvgIpc) is 2.48. The highest BCUT2D eigenvalue weighted by molar-refractivity contribution is 5.42. The zero-order valence-electron chi connectivity index (χ0n) is 11.8. The smallest absolute Gasteiger partial charge is 0.224 e. The highest BCUT2D eigenvalue weighted by atomic mass is 19.1. The average molecular weight is 274 g/mol. The lowest BCUT2D eigenvalue weighted by Crippen LogP contribution is -2.23. The molecular weight excluding hydrogens is 255 g/mol. The van der Waals surface area contributed by atoms with Gasteiger partial charge in [0.1, 0.15) is 11.6 Å². The monoisotopic (exact) mass is 274 g/mol. The summed E-state index contributed by atoms with van der Waals surface area (Å²) in [6.07, 6.45) is 1.74. The number of hydrogen-bond donors (Lipinski definition) is 1. The van der Waals surface area contributed by atoms with Crippen LogP contribution in [0.3, 0.4) is 0 Å². The van der Waals surface area contributed by atoms with Crippen molar-refractivity contribution in [2.75, 3.05) is 23.3 Å². The van der Waals surface area contributed by atoms with Crippen LogP contribution < -0.4 is 10.2 Å². The van der Waals surface area contributed by atoms with E-state index in [0.29, 0.717) is 12.5 Å². The predicted octanol–water partition coefficient (Wildman–Crippen LogP) is 3.07. The maximum atomic E-state index is 12.8. The molecule has 5 heteroatoms. The van der Waals surface area contributed by atoms with E-state index in [2.05, 4.69) is 34.0 Å². The summed E-state index contributed by atoms with van der Waals surface area (Å²) in [6.45, 7) is 6.58. The summed E-state index contributed by atoms with van der Waals surface area (Å²) in [4.78, 5) is 10.8. The molecule has 0 bridgehead atoms. The second kappa shape index (κ2) is 6.84. The Morgan fingerprint density at radius 1 is 1.10 bits per heavy atom.